The van der Waals surface area contributed by atoms with E-state index in [9.17, 15) is 14.4 Å². The van der Waals surface area contributed by atoms with E-state index in [4.69, 9.17) is 11.6 Å². The molecule has 2 N–H and O–H groups in total. The van der Waals surface area contributed by atoms with E-state index in [1.807, 2.05) is 6.92 Å². The lowest BCUT2D eigenvalue weighted by molar-refractivity contribution is -0.115. The van der Waals surface area contributed by atoms with Crippen molar-refractivity contribution < 1.29 is 9.59 Å². The second kappa shape index (κ2) is 7.37. The molecule has 2 aromatic heterocycles. The van der Waals surface area contributed by atoms with Gasteiger partial charge in [0.05, 0.1) is 6.54 Å². The summed E-state index contributed by atoms with van der Waals surface area (Å²) in [5.41, 5.74) is 1.33. The summed E-state index contributed by atoms with van der Waals surface area (Å²) in [4.78, 5) is 40.6. The molecular formula is C18H15ClN4O3. The first-order chi connectivity index (χ1) is 12.4. The van der Waals surface area contributed by atoms with Gasteiger partial charge in [-0.2, -0.15) is 0 Å². The molecule has 0 aliphatic carbocycles. The van der Waals surface area contributed by atoms with Gasteiger partial charge < -0.3 is 10.6 Å². The molecule has 0 aliphatic rings. The van der Waals surface area contributed by atoms with Crippen LogP contribution in [-0.2, 0) is 4.79 Å². The molecule has 7 nitrogen and oxygen atoms in total. The molecule has 2 heterocycles. The Bertz CT molecular complexity index is 1040. The molecule has 0 unspecified atom stereocenters. The first-order valence-corrected chi connectivity index (χ1v) is 8.13. The van der Waals surface area contributed by atoms with E-state index < -0.39 is 17.4 Å². The van der Waals surface area contributed by atoms with Gasteiger partial charge >= 0.3 is 0 Å². The number of nitrogens with one attached hydrogen (secondary N) is 2. The van der Waals surface area contributed by atoms with Crippen molar-refractivity contribution in [2.45, 2.75) is 6.92 Å². The van der Waals surface area contributed by atoms with Crippen molar-refractivity contribution in [3.8, 4) is 0 Å². The summed E-state index contributed by atoms with van der Waals surface area (Å²) < 4.78 is 1.29. The molecule has 0 saturated heterocycles. The number of aromatic nitrogens is 2. The molecule has 3 aromatic rings. The minimum Gasteiger partial charge on any atom is -0.343 e. The predicted molar refractivity (Wildman–Crippen MR) is 98.6 cm³/mol. The van der Waals surface area contributed by atoms with Crippen LogP contribution in [0.5, 0.6) is 0 Å². The lowest BCUT2D eigenvalue weighted by Crippen LogP contribution is -2.36. The number of aryl methyl sites for hydroxylation is 1. The molecule has 0 atom stereocenters. The van der Waals surface area contributed by atoms with Crippen LogP contribution in [-0.4, -0.2) is 27.7 Å². The Labute approximate surface area is 153 Å². The van der Waals surface area contributed by atoms with Gasteiger partial charge in [0, 0.05) is 23.1 Å². The highest BCUT2D eigenvalue weighted by Gasteiger charge is 2.14. The van der Waals surface area contributed by atoms with E-state index in [1.54, 1.807) is 42.6 Å². The fraction of sp³-hybridized carbons (Fsp3) is 0.111. The summed E-state index contributed by atoms with van der Waals surface area (Å²) >= 11 is 5.78. The maximum atomic E-state index is 12.4. The van der Waals surface area contributed by atoms with Crippen molar-refractivity contribution in [1.29, 1.82) is 0 Å². The highest BCUT2D eigenvalue weighted by Crippen LogP contribution is 2.13. The van der Waals surface area contributed by atoms with Crippen LogP contribution in [0.2, 0.25) is 5.02 Å². The maximum absolute atomic E-state index is 12.4. The summed E-state index contributed by atoms with van der Waals surface area (Å²) in [6.45, 7) is 1.60. The number of benzene rings is 1. The Kier molecular flexibility index (Phi) is 4.99. The van der Waals surface area contributed by atoms with Gasteiger partial charge in [-0.1, -0.05) is 11.6 Å². The summed E-state index contributed by atoms with van der Waals surface area (Å²) in [6, 6.07) is 10.0. The normalized spacial score (nSPS) is 10.5. The highest BCUT2D eigenvalue weighted by molar-refractivity contribution is 6.30. The Morgan fingerprint density at radius 3 is 2.65 bits per heavy atom. The zero-order valence-corrected chi connectivity index (χ0v) is 14.6. The van der Waals surface area contributed by atoms with E-state index in [0.717, 1.165) is 5.56 Å². The third kappa shape index (κ3) is 3.89. The predicted octanol–water partition coefficient (Wildman–Crippen LogP) is 2.02. The van der Waals surface area contributed by atoms with Crippen molar-refractivity contribution in [1.82, 2.24) is 14.7 Å². The number of hydrogen-bond donors (Lipinski definition) is 2. The number of amides is 2. The molecule has 3 rings (SSSR count). The van der Waals surface area contributed by atoms with Crippen molar-refractivity contribution in [2.75, 3.05) is 11.9 Å². The van der Waals surface area contributed by atoms with Gasteiger partial charge in [-0.25, -0.2) is 4.98 Å². The summed E-state index contributed by atoms with van der Waals surface area (Å²) in [7, 11) is 0. The molecule has 0 aliphatic heterocycles. The average Bonchev–Trinajstić information content (AvgIpc) is 2.62. The molecule has 0 saturated carbocycles. The third-order valence-electron chi connectivity index (χ3n) is 3.65. The molecule has 0 bridgehead atoms. The Balaban J connectivity index is 1.68. The van der Waals surface area contributed by atoms with Crippen LogP contribution in [0.1, 0.15) is 15.9 Å². The Morgan fingerprint density at radius 2 is 1.92 bits per heavy atom. The number of rotatable bonds is 4. The van der Waals surface area contributed by atoms with E-state index in [0.29, 0.717) is 16.4 Å². The van der Waals surface area contributed by atoms with Crippen LogP contribution in [0, 0.1) is 6.92 Å². The fourth-order valence-electron chi connectivity index (χ4n) is 2.33. The smallest absolute Gasteiger partial charge is 0.270 e. The van der Waals surface area contributed by atoms with Gasteiger partial charge in [-0.15, -0.1) is 0 Å². The SMILES string of the molecule is Cc1ccn2c(=O)c(C(=O)NCC(=O)Nc3ccc(Cl)cc3)cnc2c1. The monoisotopic (exact) mass is 370 g/mol. The lowest BCUT2D eigenvalue weighted by Gasteiger charge is -2.08. The van der Waals surface area contributed by atoms with Crippen LogP contribution in [0.3, 0.4) is 0 Å². The van der Waals surface area contributed by atoms with Crippen LogP contribution in [0.25, 0.3) is 5.65 Å². The second-order valence-electron chi connectivity index (χ2n) is 5.65. The van der Waals surface area contributed by atoms with Crippen molar-refractivity contribution in [3.05, 3.63) is 75.3 Å². The number of pyridine rings is 1. The van der Waals surface area contributed by atoms with E-state index in [-0.39, 0.29) is 12.1 Å². The molecule has 26 heavy (non-hydrogen) atoms. The number of carbonyl (C=O) groups is 2. The number of halogens is 1. The van der Waals surface area contributed by atoms with Gasteiger partial charge in [0.25, 0.3) is 11.5 Å². The zero-order valence-electron chi connectivity index (χ0n) is 13.8. The summed E-state index contributed by atoms with van der Waals surface area (Å²) in [6.07, 6.45) is 2.77. The Morgan fingerprint density at radius 1 is 1.19 bits per heavy atom. The van der Waals surface area contributed by atoms with Gasteiger partial charge in [-0.3, -0.25) is 18.8 Å². The maximum Gasteiger partial charge on any atom is 0.270 e. The van der Waals surface area contributed by atoms with Crippen molar-refractivity contribution >= 4 is 34.7 Å². The largest absolute Gasteiger partial charge is 0.343 e. The Hall–Kier alpha value is -3.19. The van der Waals surface area contributed by atoms with E-state index in [2.05, 4.69) is 15.6 Å². The minimum absolute atomic E-state index is 0.134. The fourth-order valence-corrected chi connectivity index (χ4v) is 2.45. The van der Waals surface area contributed by atoms with Crippen LogP contribution in [0.15, 0.2) is 53.6 Å². The molecular weight excluding hydrogens is 356 g/mol. The number of carbonyl (C=O) groups excluding carboxylic acids is 2. The minimum atomic E-state index is -0.663. The van der Waals surface area contributed by atoms with Crippen LogP contribution in [0.4, 0.5) is 5.69 Å². The third-order valence-corrected chi connectivity index (χ3v) is 3.90. The lowest BCUT2D eigenvalue weighted by atomic mass is 10.2. The van der Waals surface area contributed by atoms with E-state index in [1.165, 1.54) is 10.6 Å². The second-order valence-corrected chi connectivity index (χ2v) is 6.08. The molecule has 0 spiro atoms. The molecule has 132 valence electrons. The number of anilines is 1. The van der Waals surface area contributed by atoms with Crippen LogP contribution >= 0.6 is 11.6 Å². The molecule has 8 heteroatoms. The highest BCUT2D eigenvalue weighted by atomic mass is 35.5. The molecule has 2 amide bonds. The topological polar surface area (TPSA) is 92.6 Å². The molecule has 1 aromatic carbocycles. The first kappa shape index (κ1) is 17.6. The van der Waals surface area contributed by atoms with Crippen molar-refractivity contribution in [2.24, 2.45) is 0 Å². The average molecular weight is 371 g/mol. The zero-order chi connectivity index (χ0) is 18.7. The van der Waals surface area contributed by atoms with Gasteiger partial charge in [0.2, 0.25) is 5.91 Å². The summed E-state index contributed by atoms with van der Waals surface area (Å²) in [5, 5.41) is 5.58. The van der Waals surface area contributed by atoms with E-state index >= 15 is 0 Å². The number of hydrogen-bond acceptors (Lipinski definition) is 4. The quantitative estimate of drug-likeness (QED) is 0.735. The number of fused-ring (bicyclic) bond motifs is 1. The number of nitrogens with zero attached hydrogens (tertiary/aromatic N) is 2. The first-order valence-electron chi connectivity index (χ1n) is 7.76. The van der Waals surface area contributed by atoms with Crippen molar-refractivity contribution in [3.63, 3.8) is 0 Å². The van der Waals surface area contributed by atoms with Gasteiger partial charge in [0.1, 0.15) is 11.2 Å². The van der Waals surface area contributed by atoms with Crippen LogP contribution < -0.4 is 16.2 Å². The molecule has 0 fully saturated rings. The summed E-state index contributed by atoms with van der Waals surface area (Å²) in [5.74, 6) is -1.09. The standard InChI is InChI=1S/C18H15ClN4O3/c1-11-6-7-23-15(8-11)20-9-14(18(23)26)17(25)21-10-16(24)22-13-4-2-12(19)3-5-13/h2-9H,10H2,1H3,(H,21,25)(H,22,24). The van der Waals surface area contributed by atoms with Gasteiger partial charge in [0.15, 0.2) is 0 Å². The molecule has 0 radical (unpaired) electrons. The van der Waals surface area contributed by atoms with Gasteiger partial charge in [-0.05, 0) is 48.9 Å².